The van der Waals surface area contributed by atoms with Crippen molar-refractivity contribution in [1.29, 1.82) is 0 Å². The molecule has 4 heterocycles. The number of ether oxygens (including phenoxy) is 1. The Morgan fingerprint density at radius 3 is 2.19 bits per heavy atom. The number of rotatable bonds is 7. The molecule has 0 unspecified atom stereocenters. The summed E-state index contributed by atoms with van der Waals surface area (Å²) in [6, 6.07) is 22.7. The Hall–Kier alpha value is -3.26. The summed E-state index contributed by atoms with van der Waals surface area (Å²) in [5, 5.41) is 3.37. The number of hydrogen-bond donors (Lipinski definition) is 2. The number of amides is 1. The fourth-order valence-corrected chi connectivity index (χ4v) is 5.53. The van der Waals surface area contributed by atoms with Crippen LogP contribution in [0.3, 0.4) is 0 Å². The van der Waals surface area contributed by atoms with Gasteiger partial charge in [-0.3, -0.25) is 19.6 Å². The monoisotopic (exact) mass is 483 g/mol. The molecule has 1 aromatic heterocycles. The van der Waals surface area contributed by atoms with E-state index in [-0.39, 0.29) is 0 Å². The van der Waals surface area contributed by atoms with E-state index in [2.05, 4.69) is 15.1 Å². The second-order valence-corrected chi connectivity index (χ2v) is 10.2. The minimum Gasteiger partial charge on any atom is -0.457 e. The molecule has 6 rings (SSSR count). The summed E-state index contributed by atoms with van der Waals surface area (Å²) in [4.78, 5) is 22.4. The zero-order valence-corrected chi connectivity index (χ0v) is 20.5. The summed E-state index contributed by atoms with van der Waals surface area (Å²) in [5.41, 5.74) is 8.73. The molecule has 3 fully saturated rings. The average molecular weight is 484 g/mol. The van der Waals surface area contributed by atoms with Gasteiger partial charge < -0.3 is 15.8 Å². The third-order valence-electron chi connectivity index (χ3n) is 7.92. The number of aromatic nitrogens is 1. The number of carbonyl (C=O) groups excluding carboxylic acids is 1. The first kappa shape index (κ1) is 23.2. The van der Waals surface area contributed by atoms with Crippen LogP contribution < -0.4 is 15.8 Å². The molecule has 3 N–H and O–H groups in total. The maximum Gasteiger partial charge on any atom is 0.250 e. The summed E-state index contributed by atoms with van der Waals surface area (Å²) >= 11 is 0. The Labute approximate surface area is 212 Å². The molecule has 0 saturated carbocycles. The maximum absolute atomic E-state index is 12.2. The van der Waals surface area contributed by atoms with Gasteiger partial charge in [-0.05, 0) is 74.5 Å². The lowest BCUT2D eigenvalue weighted by atomic mass is 9.90. The van der Waals surface area contributed by atoms with Crippen LogP contribution in [0.1, 0.15) is 34.8 Å². The lowest BCUT2D eigenvalue weighted by Crippen LogP contribution is -2.69. The summed E-state index contributed by atoms with van der Waals surface area (Å²) in [7, 11) is 0. The minimum atomic E-state index is -0.459. The molecule has 3 aliphatic rings. The van der Waals surface area contributed by atoms with E-state index in [1.807, 2.05) is 66.7 Å². The highest BCUT2D eigenvalue weighted by Crippen LogP contribution is 2.33. The third-order valence-corrected chi connectivity index (χ3v) is 7.92. The first-order valence-electron chi connectivity index (χ1n) is 13.0. The molecule has 3 saturated heterocycles. The summed E-state index contributed by atoms with van der Waals surface area (Å²) in [5.74, 6) is 1.45. The van der Waals surface area contributed by atoms with Gasteiger partial charge in [0, 0.05) is 55.4 Å². The van der Waals surface area contributed by atoms with Crippen molar-refractivity contribution in [2.45, 2.75) is 30.8 Å². The van der Waals surface area contributed by atoms with Crippen molar-refractivity contribution in [2.24, 2.45) is 5.73 Å². The van der Waals surface area contributed by atoms with Crippen LogP contribution in [0.15, 0.2) is 66.7 Å². The molecule has 36 heavy (non-hydrogen) atoms. The van der Waals surface area contributed by atoms with Gasteiger partial charge in [-0.15, -0.1) is 0 Å². The highest BCUT2D eigenvalue weighted by Gasteiger charge is 2.39. The van der Waals surface area contributed by atoms with Crippen LogP contribution in [0.2, 0.25) is 0 Å². The molecule has 0 radical (unpaired) electrons. The van der Waals surface area contributed by atoms with E-state index in [9.17, 15) is 4.79 Å². The predicted octanol–water partition coefficient (Wildman–Crippen LogP) is 3.48. The minimum absolute atomic E-state index is 0.398. The highest BCUT2D eigenvalue weighted by atomic mass is 16.5. The molecule has 0 aliphatic carbocycles. The van der Waals surface area contributed by atoms with Crippen LogP contribution in [0.25, 0.3) is 11.3 Å². The second kappa shape index (κ2) is 10.0. The number of primary amides is 1. The average Bonchev–Trinajstić information content (AvgIpc) is 2.86. The van der Waals surface area contributed by atoms with E-state index in [0.717, 1.165) is 67.8 Å². The molecule has 7 nitrogen and oxygen atoms in total. The van der Waals surface area contributed by atoms with Gasteiger partial charge in [0.15, 0.2) is 0 Å². The fraction of sp³-hybridized carbons (Fsp3) is 0.379. The fourth-order valence-electron chi connectivity index (χ4n) is 5.53. The molecule has 0 spiro atoms. The molecule has 186 valence electrons. The SMILES string of the molecule is NC(=O)c1ccc(C2CCN(C3CN(C4CNC4)C3)CC2)nc1-c1ccc(Oc2ccccc2)cc1. The van der Waals surface area contributed by atoms with E-state index in [1.165, 1.54) is 13.1 Å². The van der Waals surface area contributed by atoms with E-state index >= 15 is 0 Å². The lowest BCUT2D eigenvalue weighted by molar-refractivity contribution is -0.0188. The topological polar surface area (TPSA) is 83.7 Å². The quantitative estimate of drug-likeness (QED) is 0.535. The second-order valence-electron chi connectivity index (χ2n) is 10.2. The van der Waals surface area contributed by atoms with Gasteiger partial charge in [-0.25, -0.2) is 0 Å². The summed E-state index contributed by atoms with van der Waals surface area (Å²) < 4.78 is 5.92. The molecule has 2 aromatic carbocycles. The number of hydrogen-bond acceptors (Lipinski definition) is 6. The Kier molecular flexibility index (Phi) is 6.44. The van der Waals surface area contributed by atoms with Gasteiger partial charge >= 0.3 is 0 Å². The van der Waals surface area contributed by atoms with Crippen molar-refractivity contribution in [2.75, 3.05) is 39.3 Å². The number of nitrogens with zero attached hydrogens (tertiary/aromatic N) is 3. The van der Waals surface area contributed by atoms with Gasteiger partial charge in [-0.2, -0.15) is 0 Å². The van der Waals surface area contributed by atoms with E-state index < -0.39 is 5.91 Å². The van der Waals surface area contributed by atoms with Crippen LogP contribution in [-0.4, -0.2) is 72.0 Å². The standard InChI is InChI=1S/C29H33N5O2/c30-29(35)26-10-11-27(20-12-14-33(15-13-20)23-18-34(19-23)22-16-31-17-22)32-28(26)21-6-8-25(9-7-21)36-24-4-2-1-3-5-24/h1-11,20,22-23,31H,12-19H2,(H2,30,35). The van der Waals surface area contributed by atoms with Crippen LogP contribution in [0.4, 0.5) is 0 Å². The van der Waals surface area contributed by atoms with Crippen molar-refractivity contribution in [1.82, 2.24) is 20.1 Å². The molecular formula is C29H33N5O2. The Balaban J connectivity index is 1.13. The van der Waals surface area contributed by atoms with Gasteiger partial charge in [0.25, 0.3) is 5.91 Å². The van der Waals surface area contributed by atoms with E-state index in [0.29, 0.717) is 23.2 Å². The van der Waals surface area contributed by atoms with Gasteiger partial charge in [0.2, 0.25) is 0 Å². The molecule has 1 amide bonds. The van der Waals surface area contributed by atoms with Crippen molar-refractivity contribution < 1.29 is 9.53 Å². The molecule has 7 heteroatoms. The normalized spacial score (nSPS) is 20.0. The first-order chi connectivity index (χ1) is 17.6. The number of benzene rings is 2. The number of nitrogens with two attached hydrogens (primary N) is 1. The number of carbonyl (C=O) groups is 1. The van der Waals surface area contributed by atoms with Crippen LogP contribution in [0.5, 0.6) is 11.5 Å². The van der Waals surface area contributed by atoms with Crippen molar-refractivity contribution >= 4 is 5.91 Å². The van der Waals surface area contributed by atoms with Gasteiger partial charge in [0.1, 0.15) is 11.5 Å². The largest absolute Gasteiger partial charge is 0.457 e. The van der Waals surface area contributed by atoms with Gasteiger partial charge in [-0.1, -0.05) is 18.2 Å². The Morgan fingerprint density at radius 1 is 0.861 bits per heavy atom. The maximum atomic E-state index is 12.2. The smallest absolute Gasteiger partial charge is 0.250 e. The zero-order chi connectivity index (χ0) is 24.5. The number of pyridine rings is 1. The first-order valence-corrected chi connectivity index (χ1v) is 13.0. The van der Waals surface area contributed by atoms with Crippen molar-refractivity contribution in [3.63, 3.8) is 0 Å². The summed E-state index contributed by atoms with van der Waals surface area (Å²) in [6.07, 6.45) is 2.18. The molecule has 3 aliphatic heterocycles. The number of piperidine rings is 1. The highest BCUT2D eigenvalue weighted by molar-refractivity contribution is 5.98. The lowest BCUT2D eigenvalue weighted by Gasteiger charge is -2.52. The van der Waals surface area contributed by atoms with Crippen LogP contribution >= 0.6 is 0 Å². The summed E-state index contributed by atoms with van der Waals surface area (Å²) in [6.45, 7) is 6.91. The molecule has 0 bridgehead atoms. The third kappa shape index (κ3) is 4.74. The Bertz CT molecular complexity index is 1200. The van der Waals surface area contributed by atoms with Crippen molar-refractivity contribution in [3.8, 4) is 22.8 Å². The van der Waals surface area contributed by atoms with Crippen molar-refractivity contribution in [3.05, 3.63) is 78.0 Å². The van der Waals surface area contributed by atoms with Crippen LogP contribution in [0, 0.1) is 0 Å². The van der Waals surface area contributed by atoms with Gasteiger partial charge in [0.05, 0.1) is 11.3 Å². The number of para-hydroxylation sites is 1. The Morgan fingerprint density at radius 2 is 1.56 bits per heavy atom. The van der Waals surface area contributed by atoms with E-state index in [4.69, 9.17) is 15.5 Å². The van der Waals surface area contributed by atoms with Crippen LogP contribution in [-0.2, 0) is 0 Å². The number of likely N-dealkylation sites (tertiary alicyclic amines) is 2. The zero-order valence-electron chi connectivity index (χ0n) is 20.5. The number of nitrogens with one attached hydrogen (secondary N) is 1. The molecular weight excluding hydrogens is 450 g/mol. The predicted molar refractivity (Wildman–Crippen MR) is 140 cm³/mol. The van der Waals surface area contributed by atoms with E-state index in [1.54, 1.807) is 0 Å². The molecule has 0 atom stereocenters. The molecule has 3 aromatic rings.